The standard InChI is InChI=1S/C47H29N3OS/c1-3-12-30(13-4-1)32-24-26-33(27-25-32)40-29-41(35-17-9-16-34(28-35)31-14-5-2-6-15-31)49-46(48-40)37-19-11-22-42-44(37)36-18-10-20-38(45(36)51-42)47-50-39-21-7-8-23-43(39)52-47/h1-29H. The van der Waals surface area contributed by atoms with Gasteiger partial charge in [0, 0.05) is 27.5 Å². The monoisotopic (exact) mass is 683 g/mol. The molecule has 0 aliphatic heterocycles. The molecule has 0 saturated carbocycles. The molecule has 52 heavy (non-hydrogen) atoms. The van der Waals surface area contributed by atoms with Gasteiger partial charge in [-0.2, -0.15) is 0 Å². The second kappa shape index (κ2) is 12.6. The zero-order valence-electron chi connectivity index (χ0n) is 27.9. The van der Waals surface area contributed by atoms with Gasteiger partial charge in [0.15, 0.2) is 5.82 Å². The van der Waals surface area contributed by atoms with E-state index in [-0.39, 0.29) is 0 Å². The van der Waals surface area contributed by atoms with Gasteiger partial charge in [-0.1, -0.05) is 140 Å². The lowest BCUT2D eigenvalue weighted by molar-refractivity contribution is 0.670. The summed E-state index contributed by atoms with van der Waals surface area (Å²) in [6.45, 7) is 0. The normalized spacial score (nSPS) is 11.5. The van der Waals surface area contributed by atoms with Crippen LogP contribution in [-0.2, 0) is 0 Å². The van der Waals surface area contributed by atoms with Gasteiger partial charge in [-0.25, -0.2) is 15.0 Å². The number of fused-ring (bicyclic) bond motifs is 4. The van der Waals surface area contributed by atoms with E-state index in [1.807, 2.05) is 30.3 Å². The van der Waals surface area contributed by atoms with Gasteiger partial charge in [0.1, 0.15) is 16.2 Å². The van der Waals surface area contributed by atoms with Crippen LogP contribution in [0.1, 0.15) is 0 Å². The molecule has 0 N–H and O–H groups in total. The topological polar surface area (TPSA) is 51.8 Å². The summed E-state index contributed by atoms with van der Waals surface area (Å²) in [6, 6.07) is 60.9. The fourth-order valence-corrected chi connectivity index (χ4v) is 7.99. The number of aromatic nitrogens is 3. The van der Waals surface area contributed by atoms with Crippen LogP contribution in [0.2, 0.25) is 0 Å². The Morgan fingerprint density at radius 2 is 1.02 bits per heavy atom. The van der Waals surface area contributed by atoms with Gasteiger partial charge in [-0.05, 0) is 58.7 Å². The molecule has 4 nitrogen and oxygen atoms in total. The molecule has 0 fully saturated rings. The van der Waals surface area contributed by atoms with E-state index in [0.717, 1.165) is 87.5 Å². The summed E-state index contributed by atoms with van der Waals surface area (Å²) in [5.41, 5.74) is 12.9. The van der Waals surface area contributed by atoms with Gasteiger partial charge in [0.05, 0.1) is 27.2 Å². The molecule has 0 unspecified atom stereocenters. The lowest BCUT2D eigenvalue weighted by Gasteiger charge is -2.12. The number of para-hydroxylation sites is 2. The Balaban J connectivity index is 1.16. The molecule has 3 heterocycles. The lowest BCUT2D eigenvalue weighted by atomic mass is 9.99. The number of hydrogen-bond donors (Lipinski definition) is 0. The zero-order chi connectivity index (χ0) is 34.4. The predicted octanol–water partition coefficient (Wildman–Crippen LogP) is 13.0. The third kappa shape index (κ3) is 5.36. The summed E-state index contributed by atoms with van der Waals surface area (Å²) < 4.78 is 7.81. The van der Waals surface area contributed by atoms with Crippen LogP contribution < -0.4 is 0 Å². The molecule has 0 aliphatic carbocycles. The second-order valence-corrected chi connectivity index (χ2v) is 13.8. The van der Waals surface area contributed by atoms with Crippen LogP contribution >= 0.6 is 11.3 Å². The average Bonchev–Trinajstić information content (AvgIpc) is 3.84. The molecule has 5 heteroatoms. The molecular weight excluding hydrogens is 655 g/mol. The Morgan fingerprint density at radius 3 is 1.81 bits per heavy atom. The molecule has 0 aliphatic rings. The maximum Gasteiger partial charge on any atom is 0.161 e. The fraction of sp³-hybridized carbons (Fsp3) is 0. The quantitative estimate of drug-likeness (QED) is 0.175. The largest absolute Gasteiger partial charge is 0.455 e. The van der Waals surface area contributed by atoms with Gasteiger partial charge >= 0.3 is 0 Å². The number of thiazole rings is 1. The smallest absolute Gasteiger partial charge is 0.161 e. The minimum absolute atomic E-state index is 0.642. The van der Waals surface area contributed by atoms with Crippen LogP contribution in [0.25, 0.3) is 98.9 Å². The van der Waals surface area contributed by atoms with Gasteiger partial charge < -0.3 is 4.42 Å². The van der Waals surface area contributed by atoms with Crippen molar-refractivity contribution < 1.29 is 4.42 Å². The molecule has 0 amide bonds. The summed E-state index contributed by atoms with van der Waals surface area (Å²) in [5, 5.41) is 2.93. The van der Waals surface area contributed by atoms with Crippen LogP contribution in [0.3, 0.4) is 0 Å². The number of nitrogens with zero attached hydrogens (tertiary/aromatic N) is 3. The molecule has 0 atom stereocenters. The van der Waals surface area contributed by atoms with Crippen molar-refractivity contribution >= 4 is 43.5 Å². The first-order chi connectivity index (χ1) is 25.7. The molecular formula is C47H29N3OS. The highest BCUT2D eigenvalue weighted by molar-refractivity contribution is 7.21. The van der Waals surface area contributed by atoms with E-state index >= 15 is 0 Å². The van der Waals surface area contributed by atoms with Gasteiger partial charge in [0.2, 0.25) is 0 Å². The second-order valence-electron chi connectivity index (χ2n) is 12.8. The Kier molecular flexibility index (Phi) is 7.29. The van der Waals surface area contributed by atoms with Gasteiger partial charge in [0.25, 0.3) is 0 Å². The van der Waals surface area contributed by atoms with Crippen molar-refractivity contribution in [3.63, 3.8) is 0 Å². The van der Waals surface area contributed by atoms with Crippen molar-refractivity contribution in [2.45, 2.75) is 0 Å². The van der Waals surface area contributed by atoms with Crippen molar-refractivity contribution in [3.8, 4) is 66.7 Å². The Bertz CT molecular complexity index is 2860. The summed E-state index contributed by atoms with van der Waals surface area (Å²) in [7, 11) is 0. The zero-order valence-corrected chi connectivity index (χ0v) is 28.7. The van der Waals surface area contributed by atoms with Gasteiger partial charge in [-0.3, -0.25) is 0 Å². The lowest BCUT2D eigenvalue weighted by Crippen LogP contribution is -1.96. The van der Waals surface area contributed by atoms with Crippen LogP contribution in [0.4, 0.5) is 0 Å². The SMILES string of the molecule is c1ccc(-c2ccc(-c3cc(-c4cccc(-c5ccccc5)c4)nc(-c4cccc5oc6c(-c7nc8ccccc8s7)cccc6c45)n3)cc2)cc1. The first kappa shape index (κ1) is 30.2. The highest BCUT2D eigenvalue weighted by atomic mass is 32.1. The molecule has 244 valence electrons. The van der Waals surface area contributed by atoms with E-state index in [9.17, 15) is 0 Å². The van der Waals surface area contributed by atoms with E-state index in [0.29, 0.717) is 5.82 Å². The number of furan rings is 1. The van der Waals surface area contributed by atoms with Crippen LogP contribution in [-0.4, -0.2) is 15.0 Å². The Labute approximate surface area is 304 Å². The fourth-order valence-electron chi connectivity index (χ4n) is 7.01. The summed E-state index contributed by atoms with van der Waals surface area (Å²) in [6.07, 6.45) is 0. The minimum Gasteiger partial charge on any atom is -0.455 e. The maximum absolute atomic E-state index is 6.66. The van der Waals surface area contributed by atoms with Crippen LogP contribution in [0, 0.1) is 0 Å². The minimum atomic E-state index is 0.642. The number of rotatable bonds is 6. The van der Waals surface area contributed by atoms with Crippen LogP contribution in [0.5, 0.6) is 0 Å². The summed E-state index contributed by atoms with van der Waals surface area (Å²) in [4.78, 5) is 15.5. The van der Waals surface area contributed by atoms with Crippen molar-refractivity contribution in [3.05, 3.63) is 176 Å². The van der Waals surface area contributed by atoms with Crippen molar-refractivity contribution in [2.75, 3.05) is 0 Å². The number of hydrogen-bond acceptors (Lipinski definition) is 5. The molecule has 0 saturated heterocycles. The molecule has 3 aromatic heterocycles. The molecule has 0 spiro atoms. The van der Waals surface area contributed by atoms with Crippen LogP contribution in [0.15, 0.2) is 180 Å². The third-order valence-corrected chi connectivity index (χ3v) is 10.6. The summed E-state index contributed by atoms with van der Waals surface area (Å²) in [5.74, 6) is 0.642. The molecule has 10 rings (SSSR count). The first-order valence-corrected chi connectivity index (χ1v) is 18.1. The van der Waals surface area contributed by atoms with E-state index in [1.54, 1.807) is 11.3 Å². The van der Waals surface area contributed by atoms with E-state index in [1.165, 1.54) is 5.56 Å². The number of benzene rings is 7. The predicted molar refractivity (Wildman–Crippen MR) is 215 cm³/mol. The van der Waals surface area contributed by atoms with Gasteiger partial charge in [-0.15, -0.1) is 11.3 Å². The molecule has 0 radical (unpaired) electrons. The van der Waals surface area contributed by atoms with Crippen molar-refractivity contribution in [2.24, 2.45) is 0 Å². The highest BCUT2D eigenvalue weighted by Gasteiger charge is 2.20. The third-order valence-electron chi connectivity index (χ3n) is 9.57. The Morgan fingerprint density at radius 1 is 0.423 bits per heavy atom. The van der Waals surface area contributed by atoms with Crippen molar-refractivity contribution in [1.29, 1.82) is 0 Å². The van der Waals surface area contributed by atoms with E-state index in [2.05, 4.69) is 146 Å². The molecule has 10 aromatic rings. The highest BCUT2D eigenvalue weighted by Crippen LogP contribution is 2.42. The molecule has 7 aromatic carbocycles. The van der Waals surface area contributed by atoms with E-state index in [4.69, 9.17) is 19.4 Å². The average molecular weight is 684 g/mol. The van der Waals surface area contributed by atoms with E-state index < -0.39 is 0 Å². The van der Waals surface area contributed by atoms with Crippen molar-refractivity contribution in [1.82, 2.24) is 15.0 Å². The summed E-state index contributed by atoms with van der Waals surface area (Å²) >= 11 is 1.68. The first-order valence-electron chi connectivity index (χ1n) is 17.3. The molecule has 0 bridgehead atoms. The Hall–Kier alpha value is -6.69. The maximum atomic E-state index is 6.66.